The molecule has 2 heterocycles. The van der Waals surface area contributed by atoms with Crippen molar-refractivity contribution in [1.82, 2.24) is 15.6 Å². The van der Waals surface area contributed by atoms with Crippen LogP contribution < -0.4 is 20.1 Å². The number of rotatable bonds is 8. The molecule has 0 spiro atoms. The zero-order chi connectivity index (χ0) is 22.5. The Bertz CT molecular complexity index is 1050. The number of oxazole rings is 1. The lowest BCUT2D eigenvalue weighted by Crippen LogP contribution is -2.50. The molecule has 168 valence electrons. The van der Waals surface area contributed by atoms with Gasteiger partial charge in [-0.15, -0.1) is 11.8 Å². The van der Waals surface area contributed by atoms with Crippen LogP contribution in [-0.4, -0.2) is 30.1 Å². The van der Waals surface area contributed by atoms with E-state index in [9.17, 15) is 4.79 Å². The van der Waals surface area contributed by atoms with Gasteiger partial charge in [-0.25, -0.2) is 4.98 Å². The van der Waals surface area contributed by atoms with Crippen molar-refractivity contribution in [2.24, 2.45) is 0 Å². The molecule has 0 saturated carbocycles. The Hall–Kier alpha value is -2.97. The maximum absolute atomic E-state index is 12.3. The van der Waals surface area contributed by atoms with E-state index in [0.29, 0.717) is 24.7 Å². The molecule has 2 aromatic carbocycles. The van der Waals surface area contributed by atoms with Crippen LogP contribution in [0.1, 0.15) is 36.4 Å². The van der Waals surface area contributed by atoms with Crippen molar-refractivity contribution in [1.29, 1.82) is 0 Å². The number of nitrogens with one attached hydrogen (secondary N) is 2. The van der Waals surface area contributed by atoms with E-state index in [-0.39, 0.29) is 17.4 Å². The number of thioether (sulfide) groups is 1. The third-order valence-electron chi connectivity index (χ3n) is 5.24. The van der Waals surface area contributed by atoms with Crippen molar-refractivity contribution < 1.29 is 18.7 Å². The fourth-order valence-electron chi connectivity index (χ4n) is 3.52. The summed E-state index contributed by atoms with van der Waals surface area (Å²) in [7, 11) is 1.64. The maximum atomic E-state index is 12.3. The standard InChI is InChI=1S/C24H27N3O4S/c1-4-30-19-11-7-17(8-12-19)23-25-21(15(2)31-23)14-32-24-26-20(13-22(28)27-24)16-5-9-18(29-3)10-6-16/h5-12,20,24,26H,4,13-14H2,1-3H3,(H,27,28). The van der Waals surface area contributed by atoms with Gasteiger partial charge >= 0.3 is 0 Å². The molecule has 3 aromatic rings. The quantitative estimate of drug-likeness (QED) is 0.522. The molecule has 7 nitrogen and oxygen atoms in total. The summed E-state index contributed by atoms with van der Waals surface area (Å²) in [6, 6.07) is 15.4. The van der Waals surface area contributed by atoms with E-state index in [4.69, 9.17) is 13.9 Å². The van der Waals surface area contributed by atoms with Gasteiger partial charge in [0.25, 0.3) is 0 Å². The van der Waals surface area contributed by atoms with Gasteiger partial charge in [0.05, 0.1) is 19.4 Å². The van der Waals surface area contributed by atoms with Crippen LogP contribution in [-0.2, 0) is 10.5 Å². The summed E-state index contributed by atoms with van der Waals surface area (Å²) in [5.41, 5.74) is 2.60. The summed E-state index contributed by atoms with van der Waals surface area (Å²) in [5.74, 6) is 3.60. The second-order valence-corrected chi connectivity index (χ2v) is 8.53. The average molecular weight is 454 g/mol. The van der Waals surface area contributed by atoms with E-state index in [1.54, 1.807) is 18.9 Å². The summed E-state index contributed by atoms with van der Waals surface area (Å²) >= 11 is 1.58. The number of aryl methyl sites for hydroxylation is 1. The van der Waals surface area contributed by atoms with Gasteiger partial charge in [-0.05, 0) is 55.8 Å². The van der Waals surface area contributed by atoms with Crippen LogP contribution in [0.15, 0.2) is 52.9 Å². The Kier molecular flexibility index (Phi) is 7.02. The Labute approximate surface area is 191 Å². The third kappa shape index (κ3) is 5.26. The van der Waals surface area contributed by atoms with E-state index in [0.717, 1.165) is 34.1 Å². The minimum Gasteiger partial charge on any atom is -0.497 e. The van der Waals surface area contributed by atoms with Crippen LogP contribution in [0.3, 0.4) is 0 Å². The summed E-state index contributed by atoms with van der Waals surface area (Å²) in [5, 5.41) is 6.50. The van der Waals surface area contributed by atoms with E-state index in [1.807, 2.05) is 62.4 Å². The van der Waals surface area contributed by atoms with Crippen LogP contribution >= 0.6 is 11.8 Å². The average Bonchev–Trinajstić information content (AvgIpc) is 3.18. The summed E-state index contributed by atoms with van der Waals surface area (Å²) in [4.78, 5) is 17.0. The molecule has 8 heteroatoms. The molecular weight excluding hydrogens is 426 g/mol. The fraction of sp³-hybridized carbons (Fsp3) is 0.333. The minimum atomic E-state index is -0.214. The molecule has 2 N–H and O–H groups in total. The lowest BCUT2D eigenvalue weighted by atomic mass is 10.0. The molecule has 0 aliphatic carbocycles. The topological polar surface area (TPSA) is 85.6 Å². The van der Waals surface area contributed by atoms with Crippen molar-refractivity contribution >= 4 is 17.7 Å². The van der Waals surface area contributed by atoms with Gasteiger partial charge in [0.1, 0.15) is 22.8 Å². The van der Waals surface area contributed by atoms with Gasteiger partial charge in [0.15, 0.2) is 0 Å². The lowest BCUT2D eigenvalue weighted by Gasteiger charge is -2.31. The molecule has 0 radical (unpaired) electrons. The smallest absolute Gasteiger partial charge is 0.226 e. The highest BCUT2D eigenvalue weighted by Gasteiger charge is 2.27. The molecule has 1 amide bonds. The number of carbonyl (C=O) groups excluding carboxylic acids is 1. The first-order chi connectivity index (χ1) is 15.6. The predicted molar refractivity (Wildman–Crippen MR) is 125 cm³/mol. The number of nitrogens with zero attached hydrogens (tertiary/aromatic N) is 1. The van der Waals surface area contributed by atoms with Gasteiger partial charge in [0.2, 0.25) is 11.8 Å². The van der Waals surface area contributed by atoms with E-state index in [2.05, 4.69) is 15.6 Å². The van der Waals surface area contributed by atoms with Crippen molar-refractivity contribution in [3.05, 3.63) is 65.5 Å². The Balaban J connectivity index is 1.39. The third-order valence-corrected chi connectivity index (χ3v) is 6.27. The molecular formula is C24H27N3O4S. The van der Waals surface area contributed by atoms with Gasteiger partial charge in [-0.1, -0.05) is 12.1 Å². The zero-order valence-electron chi connectivity index (χ0n) is 18.4. The molecule has 1 aromatic heterocycles. The second-order valence-electron chi connectivity index (χ2n) is 7.43. The Morgan fingerprint density at radius 1 is 1.12 bits per heavy atom. The van der Waals surface area contributed by atoms with Crippen LogP contribution in [0.5, 0.6) is 11.5 Å². The highest BCUT2D eigenvalue weighted by Crippen LogP contribution is 2.29. The van der Waals surface area contributed by atoms with Crippen molar-refractivity contribution in [3.63, 3.8) is 0 Å². The molecule has 2 unspecified atom stereocenters. The number of amides is 1. The summed E-state index contributed by atoms with van der Waals surface area (Å²) < 4.78 is 16.6. The van der Waals surface area contributed by atoms with Gasteiger partial charge in [-0.2, -0.15) is 0 Å². The Morgan fingerprint density at radius 2 is 1.84 bits per heavy atom. The van der Waals surface area contributed by atoms with Crippen molar-refractivity contribution in [2.75, 3.05) is 13.7 Å². The highest BCUT2D eigenvalue weighted by molar-refractivity contribution is 7.99. The van der Waals surface area contributed by atoms with E-state index < -0.39 is 0 Å². The molecule has 32 heavy (non-hydrogen) atoms. The molecule has 1 aliphatic heterocycles. The predicted octanol–water partition coefficient (Wildman–Crippen LogP) is 4.42. The zero-order valence-corrected chi connectivity index (χ0v) is 19.2. The van der Waals surface area contributed by atoms with Crippen LogP contribution in [0.4, 0.5) is 0 Å². The summed E-state index contributed by atoms with van der Waals surface area (Å²) in [6.45, 7) is 4.50. The largest absolute Gasteiger partial charge is 0.497 e. The molecule has 1 aliphatic rings. The molecule has 0 bridgehead atoms. The number of hydrogen-bond donors (Lipinski definition) is 2. The first-order valence-electron chi connectivity index (χ1n) is 10.6. The first kappa shape index (κ1) is 22.2. The second kappa shape index (κ2) is 10.1. The number of ether oxygens (including phenoxy) is 2. The fourth-order valence-corrected chi connectivity index (χ4v) is 4.59. The molecule has 1 saturated heterocycles. The minimum absolute atomic E-state index is 0.0222. The van der Waals surface area contributed by atoms with Gasteiger partial charge < -0.3 is 19.2 Å². The normalized spacial score (nSPS) is 18.3. The van der Waals surface area contributed by atoms with Crippen LogP contribution in [0.25, 0.3) is 11.5 Å². The number of carbonyl (C=O) groups is 1. The van der Waals surface area contributed by atoms with Gasteiger partial charge in [0, 0.05) is 23.8 Å². The molecule has 4 rings (SSSR count). The monoisotopic (exact) mass is 453 g/mol. The van der Waals surface area contributed by atoms with Crippen molar-refractivity contribution in [3.8, 4) is 23.0 Å². The lowest BCUT2D eigenvalue weighted by molar-refractivity contribution is -0.123. The van der Waals surface area contributed by atoms with E-state index in [1.165, 1.54) is 0 Å². The Morgan fingerprint density at radius 3 is 2.53 bits per heavy atom. The van der Waals surface area contributed by atoms with Crippen LogP contribution in [0.2, 0.25) is 0 Å². The van der Waals surface area contributed by atoms with E-state index >= 15 is 0 Å². The molecule has 1 fully saturated rings. The number of benzene rings is 2. The van der Waals surface area contributed by atoms with Gasteiger partial charge in [-0.3, -0.25) is 10.1 Å². The van der Waals surface area contributed by atoms with Crippen LogP contribution in [0, 0.1) is 6.92 Å². The maximum Gasteiger partial charge on any atom is 0.226 e. The highest BCUT2D eigenvalue weighted by atomic mass is 32.2. The first-order valence-corrected chi connectivity index (χ1v) is 11.6. The molecule has 2 atom stereocenters. The number of methoxy groups -OCH3 is 1. The number of hydrogen-bond acceptors (Lipinski definition) is 7. The number of aromatic nitrogens is 1. The summed E-state index contributed by atoms with van der Waals surface area (Å²) in [6.07, 6.45) is 0.397. The van der Waals surface area contributed by atoms with Crippen molar-refractivity contribution in [2.45, 2.75) is 37.6 Å². The SMILES string of the molecule is CCOc1ccc(-c2nc(CSC3NC(=O)CC(c4ccc(OC)cc4)N3)c(C)o2)cc1.